The maximum Gasteiger partial charge on any atom is 0.309 e. The fourth-order valence-corrected chi connectivity index (χ4v) is 2.25. The van der Waals surface area contributed by atoms with Gasteiger partial charge in [0, 0.05) is 6.54 Å². The molecule has 0 aliphatic carbocycles. The van der Waals surface area contributed by atoms with Crippen LogP contribution in [0.5, 0.6) is 0 Å². The molecule has 1 heterocycles. The van der Waals surface area contributed by atoms with Crippen molar-refractivity contribution < 1.29 is 19.1 Å². The van der Waals surface area contributed by atoms with E-state index in [1.807, 2.05) is 0 Å². The molecule has 0 saturated carbocycles. The van der Waals surface area contributed by atoms with E-state index >= 15 is 0 Å². The molecule has 2 rings (SSSR count). The Morgan fingerprint density at radius 3 is 2.68 bits per heavy atom. The van der Waals surface area contributed by atoms with E-state index in [4.69, 9.17) is 16.7 Å². The van der Waals surface area contributed by atoms with Crippen LogP contribution in [0.2, 0.25) is 5.02 Å². The topological polar surface area (TPSA) is 97.1 Å². The van der Waals surface area contributed by atoms with Gasteiger partial charge in [-0.25, -0.2) is 9.07 Å². The van der Waals surface area contributed by atoms with Crippen molar-refractivity contribution in [2.45, 2.75) is 27.2 Å². The predicted molar refractivity (Wildman–Crippen MR) is 89.4 cm³/mol. The normalized spacial score (nSPS) is 11.4. The van der Waals surface area contributed by atoms with Crippen molar-refractivity contribution in [2.24, 2.45) is 5.41 Å². The van der Waals surface area contributed by atoms with Gasteiger partial charge in [-0.05, 0) is 45.4 Å². The van der Waals surface area contributed by atoms with Gasteiger partial charge in [0.25, 0.3) is 5.91 Å². The third kappa shape index (κ3) is 4.14. The van der Waals surface area contributed by atoms with Crippen LogP contribution in [0.15, 0.2) is 18.2 Å². The number of aliphatic carboxylic acids is 1. The van der Waals surface area contributed by atoms with Gasteiger partial charge in [0.2, 0.25) is 0 Å². The second kappa shape index (κ2) is 7.18. The molecule has 0 saturated heterocycles. The highest BCUT2D eigenvalue weighted by Gasteiger charge is 2.27. The first kappa shape index (κ1) is 18.9. The fraction of sp³-hybridized carbons (Fsp3) is 0.375. The zero-order valence-corrected chi connectivity index (χ0v) is 14.8. The molecular formula is C16H18ClFN4O3. The monoisotopic (exact) mass is 368 g/mol. The van der Waals surface area contributed by atoms with Gasteiger partial charge in [0.05, 0.1) is 21.8 Å². The maximum absolute atomic E-state index is 13.3. The molecule has 1 aromatic heterocycles. The highest BCUT2D eigenvalue weighted by Crippen LogP contribution is 2.21. The van der Waals surface area contributed by atoms with E-state index in [-0.39, 0.29) is 23.7 Å². The fourth-order valence-electron chi connectivity index (χ4n) is 2.08. The molecule has 0 bridgehead atoms. The van der Waals surface area contributed by atoms with Crippen molar-refractivity contribution >= 4 is 23.5 Å². The Hall–Kier alpha value is -2.48. The molecule has 1 aromatic carbocycles. The number of carbonyl (C=O) groups excluding carboxylic acids is 1. The van der Waals surface area contributed by atoms with Crippen LogP contribution in [0.25, 0.3) is 5.69 Å². The Kier molecular flexibility index (Phi) is 5.42. The third-order valence-electron chi connectivity index (χ3n) is 3.87. The molecule has 0 fully saturated rings. The molecule has 0 atom stereocenters. The summed E-state index contributed by atoms with van der Waals surface area (Å²) in [6, 6.07) is 4.06. The van der Waals surface area contributed by atoms with Gasteiger partial charge in [0.15, 0.2) is 5.69 Å². The summed E-state index contributed by atoms with van der Waals surface area (Å²) >= 11 is 5.76. The number of benzene rings is 1. The lowest BCUT2D eigenvalue weighted by Gasteiger charge is -2.18. The van der Waals surface area contributed by atoms with Crippen molar-refractivity contribution in [3.8, 4) is 5.69 Å². The van der Waals surface area contributed by atoms with Gasteiger partial charge in [-0.1, -0.05) is 16.8 Å². The van der Waals surface area contributed by atoms with Crippen LogP contribution in [0, 0.1) is 18.2 Å². The standard InChI is InChI=1S/C16H18ClFN4O3/c1-9-13(14(23)19-7-6-16(2,3)15(24)25)20-21-22(9)10-4-5-12(18)11(17)8-10/h4-5,8H,6-7H2,1-3H3,(H,19,23)(H,24,25). The van der Waals surface area contributed by atoms with E-state index in [2.05, 4.69) is 15.6 Å². The summed E-state index contributed by atoms with van der Waals surface area (Å²) in [6.45, 7) is 5.00. The van der Waals surface area contributed by atoms with Crippen LogP contribution >= 0.6 is 11.6 Å². The Morgan fingerprint density at radius 2 is 2.08 bits per heavy atom. The summed E-state index contributed by atoms with van der Waals surface area (Å²) in [7, 11) is 0. The summed E-state index contributed by atoms with van der Waals surface area (Å²) in [6.07, 6.45) is 0.273. The van der Waals surface area contributed by atoms with Crippen molar-refractivity contribution in [3.05, 3.63) is 40.4 Å². The number of amides is 1. The van der Waals surface area contributed by atoms with Crippen molar-refractivity contribution in [1.29, 1.82) is 0 Å². The number of hydrogen-bond acceptors (Lipinski definition) is 4. The van der Waals surface area contributed by atoms with E-state index in [9.17, 15) is 14.0 Å². The van der Waals surface area contributed by atoms with E-state index in [0.29, 0.717) is 11.4 Å². The second-order valence-corrected chi connectivity index (χ2v) is 6.64. The van der Waals surface area contributed by atoms with Gasteiger partial charge in [0.1, 0.15) is 5.82 Å². The number of carboxylic acid groups (broad SMARTS) is 1. The van der Waals surface area contributed by atoms with Crippen LogP contribution in [0.4, 0.5) is 4.39 Å². The average Bonchev–Trinajstić information content (AvgIpc) is 2.91. The van der Waals surface area contributed by atoms with Crippen LogP contribution in [-0.4, -0.2) is 38.5 Å². The Bertz CT molecular complexity index is 820. The van der Waals surface area contributed by atoms with Crippen molar-refractivity contribution in [1.82, 2.24) is 20.3 Å². The van der Waals surface area contributed by atoms with E-state index in [1.165, 1.54) is 22.9 Å². The third-order valence-corrected chi connectivity index (χ3v) is 4.16. The predicted octanol–water partition coefficient (Wildman–Crippen LogP) is 2.60. The molecule has 7 nitrogen and oxygen atoms in total. The van der Waals surface area contributed by atoms with Crippen LogP contribution in [-0.2, 0) is 4.79 Å². The minimum atomic E-state index is -0.940. The van der Waals surface area contributed by atoms with E-state index in [0.717, 1.165) is 0 Å². The molecule has 2 aromatic rings. The average molecular weight is 369 g/mol. The van der Waals surface area contributed by atoms with Crippen LogP contribution < -0.4 is 5.32 Å². The first-order valence-corrected chi connectivity index (χ1v) is 7.90. The number of halogens is 2. The zero-order chi connectivity index (χ0) is 18.8. The summed E-state index contributed by atoms with van der Waals surface area (Å²) in [4.78, 5) is 23.3. The van der Waals surface area contributed by atoms with Crippen LogP contribution in [0.3, 0.4) is 0 Å². The lowest BCUT2D eigenvalue weighted by molar-refractivity contribution is -0.147. The summed E-state index contributed by atoms with van der Waals surface area (Å²) < 4.78 is 14.6. The van der Waals surface area contributed by atoms with Gasteiger partial charge in [-0.2, -0.15) is 0 Å². The summed E-state index contributed by atoms with van der Waals surface area (Å²) in [5, 5.41) is 19.4. The number of nitrogens with one attached hydrogen (secondary N) is 1. The SMILES string of the molecule is Cc1c(C(=O)NCCC(C)(C)C(=O)O)nnn1-c1ccc(F)c(Cl)c1. The molecule has 0 aliphatic rings. The minimum absolute atomic E-state index is 0.0608. The summed E-state index contributed by atoms with van der Waals surface area (Å²) in [5.74, 6) is -1.95. The van der Waals surface area contributed by atoms with Crippen LogP contribution in [0.1, 0.15) is 36.5 Å². The smallest absolute Gasteiger partial charge is 0.309 e. The number of carboxylic acids is 1. The Labute approximate surface area is 148 Å². The molecular weight excluding hydrogens is 351 g/mol. The highest BCUT2D eigenvalue weighted by molar-refractivity contribution is 6.30. The van der Waals surface area contributed by atoms with Gasteiger partial charge in [-0.3, -0.25) is 9.59 Å². The number of rotatable bonds is 6. The van der Waals surface area contributed by atoms with Gasteiger partial charge in [-0.15, -0.1) is 5.10 Å². The minimum Gasteiger partial charge on any atom is -0.481 e. The molecule has 1 amide bonds. The zero-order valence-electron chi connectivity index (χ0n) is 14.0. The van der Waals surface area contributed by atoms with Crippen molar-refractivity contribution in [3.63, 3.8) is 0 Å². The first-order chi connectivity index (χ1) is 11.6. The largest absolute Gasteiger partial charge is 0.481 e. The lowest BCUT2D eigenvalue weighted by Crippen LogP contribution is -2.32. The molecule has 0 unspecified atom stereocenters. The van der Waals surface area contributed by atoms with E-state index < -0.39 is 23.1 Å². The number of aromatic nitrogens is 3. The molecule has 25 heavy (non-hydrogen) atoms. The van der Waals surface area contributed by atoms with Gasteiger partial charge >= 0.3 is 5.97 Å². The number of hydrogen-bond donors (Lipinski definition) is 2. The Morgan fingerprint density at radius 1 is 1.40 bits per heavy atom. The molecule has 0 aliphatic heterocycles. The van der Waals surface area contributed by atoms with Gasteiger partial charge < -0.3 is 10.4 Å². The second-order valence-electron chi connectivity index (χ2n) is 6.23. The number of nitrogens with zero attached hydrogens (tertiary/aromatic N) is 3. The summed E-state index contributed by atoms with van der Waals surface area (Å²) in [5.41, 5.74) is 0.0962. The number of carbonyl (C=O) groups is 2. The molecule has 9 heteroatoms. The Balaban J connectivity index is 2.11. The maximum atomic E-state index is 13.3. The van der Waals surface area contributed by atoms with E-state index in [1.54, 1.807) is 20.8 Å². The molecule has 0 radical (unpaired) electrons. The molecule has 0 spiro atoms. The molecule has 2 N–H and O–H groups in total. The molecule has 134 valence electrons. The quantitative estimate of drug-likeness (QED) is 0.816. The highest BCUT2D eigenvalue weighted by atomic mass is 35.5. The van der Waals surface area contributed by atoms with Crippen molar-refractivity contribution in [2.75, 3.05) is 6.54 Å². The first-order valence-electron chi connectivity index (χ1n) is 7.53. The lowest BCUT2D eigenvalue weighted by atomic mass is 9.90.